The number of benzene rings is 2. The van der Waals surface area contributed by atoms with Gasteiger partial charge in [-0.1, -0.05) is 43.3 Å². The first-order chi connectivity index (χ1) is 14.5. The van der Waals surface area contributed by atoms with Gasteiger partial charge < -0.3 is 5.32 Å². The summed E-state index contributed by atoms with van der Waals surface area (Å²) in [5.41, 5.74) is 2.83. The van der Waals surface area contributed by atoms with Crippen LogP contribution >= 0.6 is 0 Å². The van der Waals surface area contributed by atoms with Gasteiger partial charge >= 0.3 is 0 Å². The van der Waals surface area contributed by atoms with Crippen molar-refractivity contribution in [3.63, 3.8) is 0 Å². The Morgan fingerprint density at radius 2 is 1.77 bits per heavy atom. The van der Waals surface area contributed by atoms with Gasteiger partial charge in [0.15, 0.2) is 14.9 Å². The fourth-order valence-electron chi connectivity index (χ4n) is 2.93. The van der Waals surface area contributed by atoms with Crippen molar-refractivity contribution in [1.82, 2.24) is 15.2 Å². The van der Waals surface area contributed by atoms with Gasteiger partial charge in [-0.15, -0.1) is 10.2 Å². The summed E-state index contributed by atoms with van der Waals surface area (Å²) in [7, 11) is -3.41. The third kappa shape index (κ3) is 4.04. The molecule has 1 N–H and O–H groups in total. The van der Waals surface area contributed by atoms with Crippen molar-refractivity contribution in [3.8, 4) is 11.3 Å². The van der Waals surface area contributed by atoms with Crippen molar-refractivity contribution < 1.29 is 13.2 Å². The number of para-hydroxylation sites is 1. The maximum absolute atomic E-state index is 12.6. The van der Waals surface area contributed by atoms with Gasteiger partial charge in [0.25, 0.3) is 5.91 Å². The first kappa shape index (κ1) is 19.7. The quantitative estimate of drug-likeness (QED) is 0.530. The molecule has 0 atom stereocenters. The number of carbonyl (C=O) groups excluding carboxylic acids is 1. The topological polar surface area (TPSA) is 102 Å². The van der Waals surface area contributed by atoms with E-state index in [1.54, 1.807) is 37.3 Å². The summed E-state index contributed by atoms with van der Waals surface area (Å²) in [6, 6.07) is 21.2. The zero-order valence-corrected chi connectivity index (χ0v) is 16.9. The van der Waals surface area contributed by atoms with Crippen LogP contribution in [0, 0.1) is 0 Å². The molecule has 2 heterocycles. The number of nitrogens with one attached hydrogen (secondary N) is 1. The van der Waals surface area contributed by atoms with Crippen LogP contribution in [0.15, 0.2) is 77.8 Å². The van der Waals surface area contributed by atoms with Gasteiger partial charge in [-0.2, -0.15) is 0 Å². The average molecular weight is 418 g/mol. The normalized spacial score (nSPS) is 11.4. The van der Waals surface area contributed by atoms with Crippen molar-refractivity contribution in [2.75, 3.05) is 11.1 Å². The van der Waals surface area contributed by atoms with Gasteiger partial charge in [-0.3, -0.25) is 4.79 Å². The van der Waals surface area contributed by atoms with Crippen molar-refractivity contribution in [2.24, 2.45) is 0 Å². The molecule has 0 aliphatic rings. The molecule has 30 heavy (non-hydrogen) atoms. The zero-order valence-electron chi connectivity index (χ0n) is 16.1. The number of carbonyl (C=O) groups is 1. The van der Waals surface area contributed by atoms with Gasteiger partial charge in [0.1, 0.15) is 5.69 Å². The number of sulfone groups is 1. The predicted molar refractivity (Wildman–Crippen MR) is 115 cm³/mol. The van der Waals surface area contributed by atoms with Gasteiger partial charge in [0.05, 0.1) is 17.0 Å². The Bertz CT molecular complexity index is 1340. The SMILES string of the molecule is CCS(=O)(=O)c1ccc(-c2cccc(NC(=O)c3ccc4ccccc4n3)c2)nn1. The van der Waals surface area contributed by atoms with Crippen LogP contribution in [-0.2, 0) is 9.84 Å². The van der Waals surface area contributed by atoms with Crippen LogP contribution in [0.2, 0.25) is 0 Å². The Morgan fingerprint density at radius 1 is 0.933 bits per heavy atom. The Hall–Kier alpha value is -3.65. The number of aromatic nitrogens is 3. The highest BCUT2D eigenvalue weighted by atomic mass is 32.2. The summed E-state index contributed by atoms with van der Waals surface area (Å²) in [5, 5.41) is 11.6. The summed E-state index contributed by atoms with van der Waals surface area (Å²) >= 11 is 0. The van der Waals surface area contributed by atoms with E-state index in [-0.39, 0.29) is 16.7 Å². The Balaban J connectivity index is 1.56. The molecule has 2 aromatic heterocycles. The molecule has 7 nitrogen and oxygen atoms in total. The molecule has 2 aromatic carbocycles. The standard InChI is InChI=1S/C22H18N4O3S/c1-2-30(28,29)21-13-12-19(25-26-21)16-7-5-8-17(14-16)23-22(27)20-11-10-15-6-3-4-9-18(15)24-20/h3-14H,2H2,1H3,(H,23,27). The van der Waals surface area contributed by atoms with E-state index in [9.17, 15) is 13.2 Å². The Kier molecular flexibility index (Phi) is 5.24. The fourth-order valence-corrected chi connectivity index (χ4v) is 3.67. The van der Waals surface area contributed by atoms with Crippen LogP contribution in [-0.4, -0.2) is 35.3 Å². The molecule has 0 bridgehead atoms. The largest absolute Gasteiger partial charge is 0.321 e. The molecule has 8 heteroatoms. The number of fused-ring (bicyclic) bond motifs is 1. The summed E-state index contributed by atoms with van der Waals surface area (Å²) in [6.45, 7) is 1.56. The van der Waals surface area contributed by atoms with Crippen LogP contribution < -0.4 is 5.32 Å². The van der Waals surface area contributed by atoms with Gasteiger partial charge in [0, 0.05) is 16.6 Å². The second-order valence-electron chi connectivity index (χ2n) is 6.58. The molecule has 0 radical (unpaired) electrons. The number of hydrogen-bond acceptors (Lipinski definition) is 6. The minimum atomic E-state index is -3.41. The van der Waals surface area contributed by atoms with E-state index >= 15 is 0 Å². The molecule has 0 fully saturated rings. The summed E-state index contributed by atoms with van der Waals surface area (Å²) in [5.74, 6) is -0.362. The van der Waals surface area contributed by atoms with E-state index in [1.807, 2.05) is 36.4 Å². The van der Waals surface area contributed by atoms with E-state index in [2.05, 4.69) is 20.5 Å². The lowest BCUT2D eigenvalue weighted by molar-refractivity contribution is 0.102. The van der Waals surface area contributed by atoms with Crippen molar-refractivity contribution in [3.05, 3.63) is 78.5 Å². The highest BCUT2D eigenvalue weighted by Gasteiger charge is 2.14. The molecule has 0 saturated carbocycles. The number of rotatable bonds is 5. The number of hydrogen-bond donors (Lipinski definition) is 1. The van der Waals surface area contributed by atoms with Crippen LogP contribution in [0.1, 0.15) is 17.4 Å². The molecule has 0 aliphatic heterocycles. The Labute approximate surface area is 173 Å². The van der Waals surface area contributed by atoms with Crippen molar-refractivity contribution >= 4 is 32.3 Å². The number of nitrogens with zero attached hydrogens (tertiary/aromatic N) is 3. The lowest BCUT2D eigenvalue weighted by atomic mass is 10.1. The number of anilines is 1. The smallest absolute Gasteiger partial charge is 0.274 e. The van der Waals surface area contributed by atoms with E-state index in [4.69, 9.17) is 0 Å². The molecular weight excluding hydrogens is 400 g/mol. The van der Waals surface area contributed by atoms with Crippen molar-refractivity contribution in [2.45, 2.75) is 11.9 Å². The average Bonchev–Trinajstić information content (AvgIpc) is 2.79. The van der Waals surface area contributed by atoms with E-state index in [0.717, 1.165) is 10.9 Å². The molecule has 0 unspecified atom stereocenters. The minimum Gasteiger partial charge on any atom is -0.321 e. The lowest BCUT2D eigenvalue weighted by Gasteiger charge is -2.08. The fraction of sp³-hybridized carbons (Fsp3) is 0.0909. The first-order valence-corrected chi connectivity index (χ1v) is 11.0. The van der Waals surface area contributed by atoms with Crippen molar-refractivity contribution in [1.29, 1.82) is 0 Å². The van der Waals surface area contributed by atoms with E-state index in [0.29, 0.717) is 22.6 Å². The molecular formula is C22H18N4O3S. The molecule has 0 aliphatic carbocycles. The lowest BCUT2D eigenvalue weighted by Crippen LogP contribution is -2.13. The number of amides is 1. The molecule has 4 aromatic rings. The summed E-state index contributed by atoms with van der Waals surface area (Å²) in [4.78, 5) is 17.0. The number of pyridine rings is 1. The van der Waals surface area contributed by atoms with E-state index in [1.165, 1.54) is 6.07 Å². The third-order valence-electron chi connectivity index (χ3n) is 4.59. The van der Waals surface area contributed by atoms with Gasteiger partial charge in [-0.05, 0) is 36.4 Å². The Morgan fingerprint density at radius 3 is 2.53 bits per heavy atom. The molecule has 0 spiro atoms. The van der Waals surface area contributed by atoms with Crippen LogP contribution in [0.3, 0.4) is 0 Å². The second kappa shape index (κ2) is 8.00. The minimum absolute atomic E-state index is 0.0364. The monoisotopic (exact) mass is 418 g/mol. The predicted octanol–water partition coefficient (Wildman–Crippen LogP) is 3.74. The van der Waals surface area contributed by atoms with E-state index < -0.39 is 9.84 Å². The molecule has 150 valence electrons. The highest BCUT2D eigenvalue weighted by Crippen LogP contribution is 2.22. The molecule has 0 saturated heterocycles. The van der Waals surface area contributed by atoms with Crippen LogP contribution in [0.5, 0.6) is 0 Å². The van der Waals surface area contributed by atoms with Crippen LogP contribution in [0.4, 0.5) is 5.69 Å². The van der Waals surface area contributed by atoms with Crippen LogP contribution in [0.25, 0.3) is 22.2 Å². The summed E-state index contributed by atoms with van der Waals surface area (Å²) < 4.78 is 23.8. The van der Waals surface area contributed by atoms with Gasteiger partial charge in [0.2, 0.25) is 0 Å². The maximum Gasteiger partial charge on any atom is 0.274 e. The molecule has 1 amide bonds. The van der Waals surface area contributed by atoms with Gasteiger partial charge in [-0.25, -0.2) is 13.4 Å². The zero-order chi connectivity index (χ0) is 21.1. The maximum atomic E-state index is 12.6. The third-order valence-corrected chi connectivity index (χ3v) is 6.20. The second-order valence-corrected chi connectivity index (χ2v) is 8.81. The molecule has 4 rings (SSSR count). The summed E-state index contributed by atoms with van der Waals surface area (Å²) in [6.07, 6.45) is 0. The highest BCUT2D eigenvalue weighted by molar-refractivity contribution is 7.91. The first-order valence-electron chi connectivity index (χ1n) is 9.30.